The van der Waals surface area contributed by atoms with E-state index in [-0.39, 0.29) is 18.4 Å². The summed E-state index contributed by atoms with van der Waals surface area (Å²) >= 11 is 3.38. The summed E-state index contributed by atoms with van der Waals surface area (Å²) < 4.78 is 5.81. The maximum absolute atomic E-state index is 12.5. The summed E-state index contributed by atoms with van der Waals surface area (Å²) in [6.45, 7) is 4.55. The monoisotopic (exact) mass is 406 g/mol. The molecule has 0 unspecified atom stereocenters. The summed E-state index contributed by atoms with van der Waals surface area (Å²) in [7, 11) is 0. The van der Waals surface area contributed by atoms with Crippen molar-refractivity contribution in [3.8, 4) is 0 Å². The van der Waals surface area contributed by atoms with Crippen molar-refractivity contribution in [1.82, 2.24) is 15.0 Å². The number of piperazine rings is 1. The number of anilines is 1. The molecule has 1 aromatic carbocycles. The third kappa shape index (κ3) is 4.67. The van der Waals surface area contributed by atoms with Gasteiger partial charge in [0.1, 0.15) is 5.76 Å². The Hall–Kier alpha value is -2.19. The molecule has 25 heavy (non-hydrogen) atoms. The summed E-state index contributed by atoms with van der Waals surface area (Å²) in [5.41, 5.74) is 0.668. The van der Waals surface area contributed by atoms with Gasteiger partial charge in [-0.15, -0.1) is 0 Å². The molecule has 1 fully saturated rings. The fraction of sp³-hybridized carbons (Fsp3) is 0.353. The molecule has 2 amide bonds. The molecule has 3 rings (SSSR count). The van der Waals surface area contributed by atoms with Gasteiger partial charge in [-0.05, 0) is 25.1 Å². The highest BCUT2D eigenvalue weighted by atomic mass is 79.9. The molecule has 8 heteroatoms. The summed E-state index contributed by atoms with van der Waals surface area (Å²) in [6, 6.07) is 9.05. The van der Waals surface area contributed by atoms with Crippen LogP contribution in [0.25, 0.3) is 0 Å². The SMILES string of the molecule is Cc1cc(NC(=O)CN2CCN(C(=O)c3cccc(Br)c3)CC2)no1. The number of nitrogens with zero attached hydrogens (tertiary/aromatic N) is 3. The van der Waals surface area contributed by atoms with E-state index in [0.717, 1.165) is 4.47 Å². The van der Waals surface area contributed by atoms with E-state index in [2.05, 4.69) is 26.4 Å². The van der Waals surface area contributed by atoms with E-state index < -0.39 is 0 Å². The number of rotatable bonds is 4. The molecule has 132 valence electrons. The first kappa shape index (κ1) is 17.6. The molecule has 2 aromatic rings. The number of carbonyl (C=O) groups excluding carboxylic acids is 2. The van der Waals surface area contributed by atoms with Crippen molar-refractivity contribution < 1.29 is 14.1 Å². The van der Waals surface area contributed by atoms with Gasteiger partial charge in [-0.2, -0.15) is 0 Å². The highest BCUT2D eigenvalue weighted by Crippen LogP contribution is 2.15. The molecule has 1 aromatic heterocycles. The molecule has 7 nitrogen and oxygen atoms in total. The summed E-state index contributed by atoms with van der Waals surface area (Å²) in [5.74, 6) is 0.949. The van der Waals surface area contributed by atoms with Gasteiger partial charge < -0.3 is 14.7 Å². The summed E-state index contributed by atoms with van der Waals surface area (Å²) in [6.07, 6.45) is 0. The van der Waals surface area contributed by atoms with E-state index in [9.17, 15) is 9.59 Å². The molecule has 1 aliphatic heterocycles. The van der Waals surface area contributed by atoms with Crippen molar-refractivity contribution in [2.75, 3.05) is 38.0 Å². The Labute approximate surface area is 154 Å². The molecule has 1 N–H and O–H groups in total. The van der Waals surface area contributed by atoms with Crippen LogP contribution in [-0.4, -0.2) is 59.5 Å². The third-order valence-electron chi connectivity index (χ3n) is 3.99. The van der Waals surface area contributed by atoms with Crippen LogP contribution >= 0.6 is 15.9 Å². The van der Waals surface area contributed by atoms with E-state index in [0.29, 0.717) is 43.3 Å². The number of hydrogen-bond acceptors (Lipinski definition) is 5. The van der Waals surface area contributed by atoms with Crippen molar-refractivity contribution in [1.29, 1.82) is 0 Å². The van der Waals surface area contributed by atoms with Gasteiger partial charge in [0, 0.05) is 42.3 Å². The molecule has 0 saturated carbocycles. The minimum absolute atomic E-state index is 0.0171. The topological polar surface area (TPSA) is 78.7 Å². The zero-order chi connectivity index (χ0) is 17.8. The predicted octanol–water partition coefficient (Wildman–Crippen LogP) is 2.14. The van der Waals surface area contributed by atoms with Crippen LogP contribution in [0.1, 0.15) is 16.1 Å². The molecule has 2 heterocycles. The van der Waals surface area contributed by atoms with E-state index >= 15 is 0 Å². The van der Waals surface area contributed by atoms with Gasteiger partial charge >= 0.3 is 0 Å². The van der Waals surface area contributed by atoms with Crippen molar-refractivity contribution >= 4 is 33.6 Å². The maximum Gasteiger partial charge on any atom is 0.253 e. The third-order valence-corrected chi connectivity index (χ3v) is 4.49. The number of amides is 2. The Morgan fingerprint density at radius 2 is 2.00 bits per heavy atom. The van der Waals surface area contributed by atoms with E-state index in [1.165, 1.54) is 0 Å². The molecular formula is C17H19BrN4O3. The zero-order valence-corrected chi connectivity index (χ0v) is 15.5. The molecule has 0 radical (unpaired) electrons. The second-order valence-corrected chi connectivity index (χ2v) is 6.87. The van der Waals surface area contributed by atoms with E-state index in [1.807, 2.05) is 34.1 Å². The fourth-order valence-electron chi connectivity index (χ4n) is 2.72. The fourth-order valence-corrected chi connectivity index (χ4v) is 3.12. The summed E-state index contributed by atoms with van der Waals surface area (Å²) in [4.78, 5) is 28.4. The highest BCUT2D eigenvalue weighted by molar-refractivity contribution is 9.10. The van der Waals surface area contributed by atoms with Crippen LogP contribution in [-0.2, 0) is 4.79 Å². The standard InChI is InChI=1S/C17H19BrN4O3/c1-12-9-15(20-25-12)19-16(23)11-21-5-7-22(8-6-21)17(24)13-3-2-4-14(18)10-13/h2-4,9-10H,5-8,11H2,1H3,(H,19,20,23). The lowest BCUT2D eigenvalue weighted by Gasteiger charge is -2.34. The number of halogens is 1. The second kappa shape index (κ2) is 7.79. The van der Waals surface area contributed by atoms with Crippen LogP contribution in [0.5, 0.6) is 0 Å². The Morgan fingerprint density at radius 3 is 2.64 bits per heavy atom. The first-order valence-electron chi connectivity index (χ1n) is 8.01. The molecule has 0 bridgehead atoms. The lowest BCUT2D eigenvalue weighted by Crippen LogP contribution is -2.50. The van der Waals surface area contributed by atoms with E-state index in [4.69, 9.17) is 4.52 Å². The van der Waals surface area contributed by atoms with Crippen LogP contribution < -0.4 is 5.32 Å². The number of carbonyl (C=O) groups is 2. The van der Waals surface area contributed by atoms with Crippen molar-refractivity contribution in [2.24, 2.45) is 0 Å². The number of nitrogens with one attached hydrogen (secondary N) is 1. The molecular weight excluding hydrogens is 388 g/mol. The molecule has 0 atom stereocenters. The number of aryl methyl sites for hydroxylation is 1. The Morgan fingerprint density at radius 1 is 1.24 bits per heavy atom. The van der Waals surface area contributed by atoms with Crippen LogP contribution in [0.4, 0.5) is 5.82 Å². The van der Waals surface area contributed by atoms with Crippen molar-refractivity contribution in [3.63, 3.8) is 0 Å². The van der Waals surface area contributed by atoms with Crippen LogP contribution in [0.15, 0.2) is 39.3 Å². The Kier molecular flexibility index (Phi) is 5.50. The lowest BCUT2D eigenvalue weighted by atomic mass is 10.2. The molecule has 0 aliphatic carbocycles. The van der Waals surface area contributed by atoms with Gasteiger partial charge in [0.25, 0.3) is 5.91 Å². The van der Waals surface area contributed by atoms with Gasteiger partial charge in [0.15, 0.2) is 5.82 Å². The predicted molar refractivity (Wildman–Crippen MR) is 96.4 cm³/mol. The van der Waals surface area contributed by atoms with Crippen LogP contribution in [0, 0.1) is 6.92 Å². The van der Waals surface area contributed by atoms with Gasteiger partial charge in [0.05, 0.1) is 6.54 Å². The largest absolute Gasteiger partial charge is 0.360 e. The average Bonchev–Trinajstić information content (AvgIpc) is 2.99. The zero-order valence-electron chi connectivity index (χ0n) is 13.9. The quantitative estimate of drug-likeness (QED) is 0.841. The van der Waals surface area contributed by atoms with E-state index in [1.54, 1.807) is 13.0 Å². The number of hydrogen-bond donors (Lipinski definition) is 1. The Balaban J connectivity index is 1.48. The number of aromatic nitrogens is 1. The molecule has 1 saturated heterocycles. The lowest BCUT2D eigenvalue weighted by molar-refractivity contribution is -0.117. The maximum atomic E-state index is 12.5. The van der Waals surface area contributed by atoms with Crippen molar-refractivity contribution in [3.05, 3.63) is 46.1 Å². The smallest absolute Gasteiger partial charge is 0.253 e. The van der Waals surface area contributed by atoms with Gasteiger partial charge in [-0.3, -0.25) is 14.5 Å². The first-order chi connectivity index (χ1) is 12.0. The minimum atomic E-state index is -0.139. The average molecular weight is 407 g/mol. The van der Waals surface area contributed by atoms with Crippen LogP contribution in [0.3, 0.4) is 0 Å². The first-order valence-corrected chi connectivity index (χ1v) is 8.81. The minimum Gasteiger partial charge on any atom is -0.360 e. The van der Waals surface area contributed by atoms with Crippen LogP contribution in [0.2, 0.25) is 0 Å². The normalized spacial score (nSPS) is 15.2. The number of benzene rings is 1. The van der Waals surface area contributed by atoms with Gasteiger partial charge in [0.2, 0.25) is 5.91 Å². The summed E-state index contributed by atoms with van der Waals surface area (Å²) in [5, 5.41) is 6.45. The second-order valence-electron chi connectivity index (χ2n) is 5.95. The highest BCUT2D eigenvalue weighted by Gasteiger charge is 2.23. The molecule has 1 aliphatic rings. The Bertz CT molecular complexity index is 769. The molecule has 0 spiro atoms. The van der Waals surface area contributed by atoms with Gasteiger partial charge in [-0.1, -0.05) is 27.2 Å². The van der Waals surface area contributed by atoms with Gasteiger partial charge in [-0.25, -0.2) is 0 Å². The van der Waals surface area contributed by atoms with Crippen molar-refractivity contribution in [2.45, 2.75) is 6.92 Å².